The van der Waals surface area contributed by atoms with E-state index >= 15 is 0 Å². The van der Waals surface area contributed by atoms with Gasteiger partial charge in [0.25, 0.3) is 0 Å². The summed E-state index contributed by atoms with van der Waals surface area (Å²) < 4.78 is 4.01. The summed E-state index contributed by atoms with van der Waals surface area (Å²) >= 11 is 0. The highest BCUT2D eigenvalue weighted by molar-refractivity contribution is 6.09. The van der Waals surface area contributed by atoms with Crippen LogP contribution in [0.2, 0.25) is 0 Å². The second-order valence-electron chi connectivity index (χ2n) is 6.19. The first-order valence-corrected chi connectivity index (χ1v) is 8.45. The molecular formula is C22H15N3O. The highest BCUT2D eigenvalue weighted by Gasteiger charge is 2.13. The molecule has 0 radical (unpaired) electrons. The van der Waals surface area contributed by atoms with Gasteiger partial charge in [0.2, 0.25) is 0 Å². The second-order valence-corrected chi connectivity index (χ2v) is 6.19. The van der Waals surface area contributed by atoms with E-state index in [0.717, 1.165) is 28.6 Å². The molecule has 4 nitrogen and oxygen atoms in total. The maximum Gasteiger partial charge on any atom is 0.170 e. The van der Waals surface area contributed by atoms with Gasteiger partial charge in [-0.25, -0.2) is 4.68 Å². The number of rotatable bonds is 3. The van der Waals surface area contributed by atoms with Crippen molar-refractivity contribution in [3.8, 4) is 11.4 Å². The van der Waals surface area contributed by atoms with Crippen LogP contribution in [0.15, 0.2) is 85.1 Å². The van der Waals surface area contributed by atoms with E-state index in [0.29, 0.717) is 5.69 Å². The Morgan fingerprint density at radius 3 is 2.31 bits per heavy atom. The molecule has 0 N–H and O–H groups in total. The summed E-state index contributed by atoms with van der Waals surface area (Å²) in [5.74, 6) is 0. The van der Waals surface area contributed by atoms with Crippen LogP contribution in [0.5, 0.6) is 0 Å². The van der Waals surface area contributed by atoms with E-state index in [2.05, 4.69) is 70.3 Å². The third kappa shape index (κ3) is 2.16. The molecule has 2 aromatic heterocycles. The molecule has 0 spiro atoms. The van der Waals surface area contributed by atoms with Crippen molar-refractivity contribution < 1.29 is 4.79 Å². The molecule has 5 aromatic rings. The number of fused-ring (bicyclic) bond motifs is 3. The van der Waals surface area contributed by atoms with Crippen LogP contribution in [0.4, 0.5) is 0 Å². The summed E-state index contributed by atoms with van der Waals surface area (Å²) in [7, 11) is 0. The summed E-state index contributed by atoms with van der Waals surface area (Å²) in [6, 6.07) is 26.7. The Morgan fingerprint density at radius 2 is 1.50 bits per heavy atom. The smallest absolute Gasteiger partial charge is 0.170 e. The lowest BCUT2D eigenvalue weighted by Crippen LogP contribution is -1.96. The number of benzene rings is 3. The van der Waals surface area contributed by atoms with Gasteiger partial charge in [0, 0.05) is 22.7 Å². The normalized spacial score (nSPS) is 11.2. The minimum absolute atomic E-state index is 0.428. The number of aldehydes is 1. The SMILES string of the molecule is O=Cc1ccn(-c2ccc3c(c2)c2ccccc2n3-c2ccccc2)n1. The predicted octanol–water partition coefficient (Wildman–Crippen LogP) is 4.78. The number of hydrogen-bond donors (Lipinski definition) is 0. The van der Waals surface area contributed by atoms with Gasteiger partial charge in [0.05, 0.1) is 16.7 Å². The zero-order chi connectivity index (χ0) is 17.5. The molecule has 0 aliphatic rings. The van der Waals surface area contributed by atoms with Crippen LogP contribution < -0.4 is 0 Å². The van der Waals surface area contributed by atoms with E-state index in [4.69, 9.17) is 0 Å². The van der Waals surface area contributed by atoms with Crippen molar-refractivity contribution in [1.29, 1.82) is 0 Å². The van der Waals surface area contributed by atoms with Crippen LogP contribution in [-0.4, -0.2) is 20.6 Å². The number of carbonyl (C=O) groups is 1. The molecule has 0 unspecified atom stereocenters. The molecule has 5 rings (SSSR count). The van der Waals surface area contributed by atoms with Crippen LogP contribution in [0.3, 0.4) is 0 Å². The molecule has 0 aliphatic heterocycles. The molecule has 0 bridgehead atoms. The van der Waals surface area contributed by atoms with Crippen LogP contribution in [0.1, 0.15) is 10.5 Å². The van der Waals surface area contributed by atoms with Crippen LogP contribution >= 0.6 is 0 Å². The summed E-state index contributed by atoms with van der Waals surface area (Å²) in [6.07, 6.45) is 2.57. The monoisotopic (exact) mass is 337 g/mol. The summed E-state index contributed by atoms with van der Waals surface area (Å²) in [4.78, 5) is 10.9. The largest absolute Gasteiger partial charge is 0.309 e. The van der Waals surface area contributed by atoms with Crippen LogP contribution in [0.25, 0.3) is 33.2 Å². The van der Waals surface area contributed by atoms with Crippen molar-refractivity contribution >= 4 is 28.1 Å². The maximum absolute atomic E-state index is 10.9. The molecule has 3 aromatic carbocycles. The number of nitrogens with zero attached hydrogens (tertiary/aromatic N) is 3. The molecule has 26 heavy (non-hydrogen) atoms. The van der Waals surface area contributed by atoms with Crippen molar-refractivity contribution in [3.05, 3.63) is 90.8 Å². The Hall–Kier alpha value is -3.66. The molecular weight excluding hydrogens is 322 g/mol. The fraction of sp³-hybridized carbons (Fsp3) is 0. The molecule has 4 heteroatoms. The van der Waals surface area contributed by atoms with Gasteiger partial charge in [-0.1, -0.05) is 36.4 Å². The molecule has 0 aliphatic carbocycles. The zero-order valence-corrected chi connectivity index (χ0v) is 13.9. The van der Waals surface area contributed by atoms with Gasteiger partial charge in [0.1, 0.15) is 5.69 Å². The van der Waals surface area contributed by atoms with Gasteiger partial charge in [-0.15, -0.1) is 0 Å². The van der Waals surface area contributed by atoms with Gasteiger partial charge in [-0.2, -0.15) is 5.10 Å². The third-order valence-electron chi connectivity index (χ3n) is 4.67. The van der Waals surface area contributed by atoms with Gasteiger partial charge in [0.15, 0.2) is 6.29 Å². The molecule has 124 valence electrons. The number of aromatic nitrogens is 3. The first-order chi connectivity index (χ1) is 12.8. The van der Waals surface area contributed by atoms with Crippen molar-refractivity contribution in [2.75, 3.05) is 0 Å². The Bertz CT molecular complexity index is 1250. The minimum atomic E-state index is 0.428. The summed E-state index contributed by atoms with van der Waals surface area (Å²) in [6.45, 7) is 0. The average molecular weight is 337 g/mol. The zero-order valence-electron chi connectivity index (χ0n) is 13.9. The lowest BCUT2D eigenvalue weighted by atomic mass is 10.1. The van der Waals surface area contributed by atoms with Crippen molar-refractivity contribution in [2.24, 2.45) is 0 Å². The van der Waals surface area contributed by atoms with Crippen LogP contribution in [-0.2, 0) is 0 Å². The van der Waals surface area contributed by atoms with Gasteiger partial charge >= 0.3 is 0 Å². The Kier molecular flexibility index (Phi) is 3.22. The van der Waals surface area contributed by atoms with Gasteiger partial charge in [-0.05, 0) is 42.5 Å². The maximum atomic E-state index is 10.9. The number of carbonyl (C=O) groups excluding carboxylic acids is 1. The third-order valence-corrected chi connectivity index (χ3v) is 4.67. The van der Waals surface area contributed by atoms with Gasteiger partial charge in [-0.3, -0.25) is 4.79 Å². The Labute approximate surface area is 149 Å². The minimum Gasteiger partial charge on any atom is -0.309 e. The summed E-state index contributed by atoms with van der Waals surface area (Å²) in [5.41, 5.74) is 4.80. The quantitative estimate of drug-likeness (QED) is 0.444. The fourth-order valence-electron chi connectivity index (χ4n) is 3.50. The highest BCUT2D eigenvalue weighted by Crippen LogP contribution is 2.33. The van der Waals surface area contributed by atoms with E-state index < -0.39 is 0 Å². The summed E-state index contributed by atoms with van der Waals surface area (Å²) in [5, 5.41) is 6.64. The van der Waals surface area contributed by atoms with Crippen molar-refractivity contribution in [3.63, 3.8) is 0 Å². The predicted molar refractivity (Wildman–Crippen MR) is 103 cm³/mol. The van der Waals surface area contributed by atoms with E-state index in [1.807, 2.05) is 12.1 Å². The van der Waals surface area contributed by atoms with Gasteiger partial charge < -0.3 is 4.57 Å². The fourth-order valence-corrected chi connectivity index (χ4v) is 3.50. The topological polar surface area (TPSA) is 39.8 Å². The molecule has 0 saturated carbocycles. The van der Waals surface area contributed by atoms with E-state index in [-0.39, 0.29) is 0 Å². The highest BCUT2D eigenvalue weighted by atomic mass is 16.1. The van der Waals surface area contributed by atoms with Crippen molar-refractivity contribution in [1.82, 2.24) is 14.3 Å². The second kappa shape index (κ2) is 5.70. The Balaban J connectivity index is 1.82. The molecule has 0 fully saturated rings. The first kappa shape index (κ1) is 14.7. The first-order valence-electron chi connectivity index (χ1n) is 8.45. The molecule has 0 amide bonds. The van der Waals surface area contributed by atoms with Crippen LogP contribution in [0, 0.1) is 0 Å². The van der Waals surface area contributed by atoms with Crippen molar-refractivity contribution in [2.45, 2.75) is 0 Å². The average Bonchev–Trinajstić information content (AvgIpc) is 3.31. The van der Waals surface area contributed by atoms with E-state index in [1.165, 1.54) is 10.9 Å². The lowest BCUT2D eigenvalue weighted by Gasteiger charge is -2.08. The number of hydrogen-bond acceptors (Lipinski definition) is 2. The standard InChI is InChI=1S/C22H15N3O/c26-15-16-12-13-24(23-16)18-10-11-22-20(14-18)19-8-4-5-9-21(19)25(22)17-6-2-1-3-7-17/h1-15H. The molecule has 0 atom stereocenters. The van der Waals surface area contributed by atoms with E-state index in [1.54, 1.807) is 16.9 Å². The molecule has 0 saturated heterocycles. The number of para-hydroxylation sites is 2. The van der Waals surface area contributed by atoms with E-state index in [9.17, 15) is 4.79 Å². The Morgan fingerprint density at radius 1 is 0.731 bits per heavy atom. The molecule has 2 heterocycles. The lowest BCUT2D eigenvalue weighted by molar-refractivity contribution is 0.111.